The molecule has 15 rings (SSSR count). The molecule has 16 heteroatoms. The molecule has 0 saturated carbocycles. The van der Waals surface area contributed by atoms with Gasteiger partial charge in [0.25, 0.3) is 11.4 Å². The van der Waals surface area contributed by atoms with Gasteiger partial charge in [0.1, 0.15) is 11.5 Å². The van der Waals surface area contributed by atoms with Crippen molar-refractivity contribution in [3.8, 4) is 64.0 Å². The molecule has 7 aromatic carbocycles. The maximum Gasteiger partial charge on any atom is 0.270 e. The molecular formula is C114H114F4N4O4S4. The number of nitrogens with zero attached hydrogens (tertiary/aromatic N) is 4. The van der Waals surface area contributed by atoms with Gasteiger partial charge in [-0.05, 0) is 238 Å². The Morgan fingerprint density at radius 3 is 0.969 bits per heavy atom. The van der Waals surface area contributed by atoms with E-state index in [1.165, 1.54) is 44.9 Å². The van der Waals surface area contributed by atoms with Gasteiger partial charge in [0.15, 0.2) is 34.8 Å². The number of unbranched alkanes of at least 4 members (excludes halogenated alkanes) is 14. The fraction of sp³-hybridized carbons (Fsp3) is 0.368. The highest BCUT2D eigenvalue weighted by molar-refractivity contribution is 7.25. The number of nitriles is 2. The number of rotatable bonds is 42. The number of ketones is 2. The monoisotopic (exact) mass is 1810 g/mol. The third-order valence-electron chi connectivity index (χ3n) is 27.1. The highest BCUT2D eigenvalue weighted by atomic mass is 32.1. The molecule has 0 amide bonds. The number of hydrogen-bond acceptors (Lipinski definition) is 10. The number of hydrogen-bond donors (Lipinski definition) is 0. The van der Waals surface area contributed by atoms with Gasteiger partial charge >= 0.3 is 0 Å². The number of aryl methyl sites for hydroxylation is 4. The summed E-state index contributed by atoms with van der Waals surface area (Å²) in [4.78, 5) is 43.6. The van der Waals surface area contributed by atoms with Crippen molar-refractivity contribution in [1.82, 2.24) is 0 Å². The third-order valence-corrected chi connectivity index (χ3v) is 32.0. The van der Waals surface area contributed by atoms with Crippen LogP contribution in [0.2, 0.25) is 0 Å². The number of carbonyl (C=O) groups is 2. The standard InChI is InChI=1S/C114H114F4N4O4S4/c1-11-19-25-29-35-73-39-47-77(48-40-73)113(78-49-41-74(42-50-78)36-30-26-20-12-2)91-59-88-92(60-87(91)109-93(113)65-103(129-109)111-101(125-69-71(17-7)33-23-15-5)57-81(127-111)55-89-105(99(67-119)121-9)83-61-95(115)97(117)63-85(83)107(89)123)114(79-51-43-75(44-52-79)37-31-27-21-13-3,80-53-45-76(46-54-80)38-32-28-22-14-4)94-66-104(130-110(88)94)112-102(126-70-72(18-8)34-24-16-6)58-82(128-112)56-90-106(100(68-120)122-10)84-62-96(116)98(118)64-86(84)108(90)124/h39-66,71-72H,11-38,69-70H2,1-8H3/b89-55-,90-56-,105-99+,106-100?. The van der Waals surface area contributed by atoms with Gasteiger partial charge in [0.2, 0.25) is 0 Å². The van der Waals surface area contributed by atoms with Crippen LogP contribution in [0, 0.1) is 70.9 Å². The topological polar surface area (TPSA) is 109 Å². The second-order valence-electron chi connectivity index (χ2n) is 35.6. The molecule has 4 aliphatic carbocycles. The van der Waals surface area contributed by atoms with Crippen molar-refractivity contribution >= 4 is 80.2 Å². The van der Waals surface area contributed by atoms with Gasteiger partial charge in [-0.15, -0.1) is 45.3 Å². The number of benzene rings is 7. The number of halogens is 4. The lowest BCUT2D eigenvalue weighted by Gasteiger charge is -2.35. The van der Waals surface area contributed by atoms with Crippen molar-refractivity contribution in [3.63, 3.8) is 0 Å². The zero-order valence-corrected chi connectivity index (χ0v) is 79.4. The summed E-state index contributed by atoms with van der Waals surface area (Å²) >= 11 is 6.33. The Morgan fingerprint density at radius 2 is 0.685 bits per heavy atom. The first-order chi connectivity index (χ1) is 63.4. The van der Waals surface area contributed by atoms with Crippen LogP contribution in [-0.4, -0.2) is 24.8 Å². The van der Waals surface area contributed by atoms with E-state index in [2.05, 4.69) is 186 Å². The van der Waals surface area contributed by atoms with E-state index in [1.54, 1.807) is 34.8 Å². The molecule has 0 N–H and O–H groups in total. The van der Waals surface area contributed by atoms with Crippen LogP contribution in [0.3, 0.4) is 0 Å². The number of Topliss-reactive ketones (excluding diaryl/α,β-unsaturated/α-hetero) is 2. The van der Waals surface area contributed by atoms with E-state index in [9.17, 15) is 20.1 Å². The first-order valence-electron chi connectivity index (χ1n) is 47.4. The molecule has 8 nitrogen and oxygen atoms in total. The molecule has 0 spiro atoms. The second kappa shape index (κ2) is 42.4. The smallest absolute Gasteiger partial charge is 0.270 e. The molecule has 11 aromatic rings. The zero-order valence-electron chi connectivity index (χ0n) is 76.1. The first kappa shape index (κ1) is 93.6. The molecular weight excluding hydrogens is 1690 g/mol. The quantitative estimate of drug-likeness (QED) is 0.0124. The maximum atomic E-state index is 15.4. The normalized spacial score (nSPS) is 15.5. The Hall–Kier alpha value is -11.1. The Labute approximate surface area is 781 Å². The molecule has 4 aliphatic rings. The third kappa shape index (κ3) is 18.6. The van der Waals surface area contributed by atoms with E-state index in [-0.39, 0.29) is 56.4 Å². The molecule has 4 heterocycles. The van der Waals surface area contributed by atoms with Crippen molar-refractivity contribution in [3.05, 3.63) is 325 Å². The molecule has 4 aromatic heterocycles. The first-order valence-corrected chi connectivity index (χ1v) is 50.6. The van der Waals surface area contributed by atoms with Crippen LogP contribution in [0.25, 0.3) is 73.4 Å². The lowest BCUT2D eigenvalue weighted by Crippen LogP contribution is -2.30. The van der Waals surface area contributed by atoms with Crippen molar-refractivity contribution in [2.24, 2.45) is 11.8 Å². The molecule has 0 saturated heterocycles. The Morgan fingerprint density at radius 1 is 0.377 bits per heavy atom. The predicted octanol–water partition coefficient (Wildman–Crippen LogP) is 33.1. The molecule has 666 valence electrons. The minimum absolute atomic E-state index is 0.00830. The summed E-state index contributed by atoms with van der Waals surface area (Å²) in [5.74, 6) is -4.39. The predicted molar refractivity (Wildman–Crippen MR) is 528 cm³/mol. The van der Waals surface area contributed by atoms with Crippen LogP contribution < -0.4 is 9.47 Å². The lowest BCUT2D eigenvalue weighted by atomic mass is 9.65. The van der Waals surface area contributed by atoms with Crippen molar-refractivity contribution in [1.29, 1.82) is 10.5 Å². The van der Waals surface area contributed by atoms with Crippen molar-refractivity contribution in [2.75, 3.05) is 13.2 Å². The number of ether oxygens (including phenoxy) is 2. The van der Waals surface area contributed by atoms with Crippen molar-refractivity contribution < 1.29 is 36.6 Å². The van der Waals surface area contributed by atoms with Crippen LogP contribution in [0.1, 0.15) is 318 Å². The summed E-state index contributed by atoms with van der Waals surface area (Å²) in [6.45, 7) is 35.0. The maximum absolute atomic E-state index is 15.4. The summed E-state index contributed by atoms with van der Waals surface area (Å²) in [6, 6.07) is 59.0. The van der Waals surface area contributed by atoms with Gasteiger partial charge in [-0.3, -0.25) is 9.59 Å². The average Bonchev–Trinajstić information content (AvgIpc) is 1.50. The van der Waals surface area contributed by atoms with E-state index < -0.39 is 57.1 Å². The van der Waals surface area contributed by atoms with Gasteiger partial charge in [-0.25, -0.2) is 37.8 Å². The largest absolute Gasteiger partial charge is 0.492 e. The van der Waals surface area contributed by atoms with Gasteiger partial charge < -0.3 is 9.47 Å². The fourth-order valence-corrected chi connectivity index (χ4v) is 24.7. The van der Waals surface area contributed by atoms with Crippen LogP contribution in [0.4, 0.5) is 17.6 Å². The van der Waals surface area contributed by atoms with Gasteiger partial charge in [-0.1, -0.05) is 268 Å². The highest BCUT2D eigenvalue weighted by Crippen LogP contribution is 2.67. The molecule has 2 unspecified atom stereocenters. The Balaban J connectivity index is 1.03. The summed E-state index contributed by atoms with van der Waals surface area (Å²) in [5, 5.41) is 21.1. The molecule has 0 aliphatic heterocycles. The SMILES string of the molecule is [C-]#[N+]C(C#N)=C1/C(=C/c2cc(OCC(CC)CCCC)c(-c3cc4c(s3)-c3cc5c(cc3C4(c3ccc(CCCCCC)cc3)c3ccc(CCCCCC)cc3)-c3sc(-c4sc(/C=C6\C(=O)c7cc(F)c(F)cc7\C6=C(\C#N)[N+]#[C-])cc4OCC(CC)CCCC)cc3C5(c3ccc(CCCCCC)cc3)c3ccc(CCCCCC)cc3)s2)C(=O)c2cc(F)c(F)cc21. The Bertz CT molecular complexity index is 5810. The molecule has 2 atom stereocenters. The summed E-state index contributed by atoms with van der Waals surface area (Å²) in [5.41, 5.74) is 12.9. The Kier molecular flexibility index (Phi) is 30.5. The zero-order chi connectivity index (χ0) is 91.3. The summed E-state index contributed by atoms with van der Waals surface area (Å²) in [7, 11) is 0. The van der Waals surface area contributed by atoms with Gasteiger partial charge in [0.05, 0.1) is 59.1 Å². The molecule has 0 radical (unpaired) electrons. The van der Waals surface area contributed by atoms with Crippen LogP contribution >= 0.6 is 45.3 Å². The minimum atomic E-state index is -1.21. The molecule has 0 fully saturated rings. The minimum Gasteiger partial charge on any atom is -0.492 e. The summed E-state index contributed by atoms with van der Waals surface area (Å²) < 4.78 is 75.9. The van der Waals surface area contributed by atoms with Gasteiger partial charge in [-0.2, -0.15) is 0 Å². The second-order valence-corrected chi connectivity index (χ2v) is 39.9. The fourth-order valence-electron chi connectivity index (χ4n) is 19.9. The molecule has 0 bridgehead atoms. The van der Waals surface area contributed by atoms with Crippen LogP contribution in [0.5, 0.6) is 11.5 Å². The lowest BCUT2D eigenvalue weighted by molar-refractivity contribution is 0.103. The number of allylic oxidation sites excluding steroid dienone is 6. The highest BCUT2D eigenvalue weighted by Gasteiger charge is 2.54. The van der Waals surface area contributed by atoms with E-state index in [0.717, 1.165) is 289 Å². The van der Waals surface area contributed by atoms with E-state index >= 15 is 17.6 Å². The average molecular weight is 1810 g/mol. The van der Waals surface area contributed by atoms with Crippen LogP contribution in [-0.2, 0) is 36.5 Å². The number of thiophene rings is 4. The van der Waals surface area contributed by atoms with E-state index in [0.29, 0.717) is 34.5 Å². The van der Waals surface area contributed by atoms with Gasteiger partial charge in [0, 0.05) is 62.7 Å². The van der Waals surface area contributed by atoms with Crippen molar-refractivity contribution in [2.45, 2.75) is 246 Å². The number of carbonyl (C=O) groups excluding carboxylic acids is 2. The number of fused-ring (bicyclic) bond motifs is 8. The van der Waals surface area contributed by atoms with E-state index in [4.69, 9.17) is 22.6 Å². The molecule has 130 heavy (non-hydrogen) atoms. The summed E-state index contributed by atoms with van der Waals surface area (Å²) in [6.07, 6.45) is 32.9. The van der Waals surface area contributed by atoms with Crippen LogP contribution in [0.15, 0.2) is 180 Å². The van der Waals surface area contributed by atoms with E-state index in [1.807, 2.05) is 24.3 Å².